The van der Waals surface area contributed by atoms with Gasteiger partial charge in [0.1, 0.15) is 0 Å². The van der Waals surface area contributed by atoms with Crippen molar-refractivity contribution in [1.29, 1.82) is 0 Å². The maximum Gasteiger partial charge on any atom is 0.212 e. The minimum absolute atomic E-state index is 0.106. The molecule has 0 aliphatic carbocycles. The molecule has 1 aliphatic rings. The van der Waals surface area contributed by atoms with Crippen LogP contribution in [0.3, 0.4) is 0 Å². The van der Waals surface area contributed by atoms with Crippen LogP contribution in [0.25, 0.3) is 0 Å². The molecule has 0 spiro atoms. The highest BCUT2D eigenvalue weighted by Crippen LogP contribution is 2.31. The molecule has 0 saturated carbocycles. The summed E-state index contributed by atoms with van der Waals surface area (Å²) in [7, 11) is 0. The smallest absolute Gasteiger partial charge is 0.212 e. The van der Waals surface area contributed by atoms with Crippen LogP contribution in [0.5, 0.6) is 0 Å². The second kappa shape index (κ2) is 6.00. The fourth-order valence-corrected chi connectivity index (χ4v) is 4.75. The van der Waals surface area contributed by atoms with Crippen molar-refractivity contribution >= 4 is 40.4 Å². The fourth-order valence-electron chi connectivity index (χ4n) is 0.849. The summed E-state index contributed by atoms with van der Waals surface area (Å²) in [6.45, 7) is 3.46. The van der Waals surface area contributed by atoms with E-state index in [2.05, 4.69) is 6.58 Å². The Morgan fingerprint density at radius 2 is 2.42 bits per heavy atom. The highest BCUT2D eigenvalue weighted by molar-refractivity contribution is 8.25. The van der Waals surface area contributed by atoms with Gasteiger partial charge < -0.3 is 0 Å². The molecule has 1 heterocycles. The molecule has 4 heteroatoms. The largest absolute Gasteiger partial charge is 0.282 e. The van der Waals surface area contributed by atoms with E-state index >= 15 is 0 Å². The first-order chi connectivity index (χ1) is 5.83. The maximum absolute atomic E-state index is 11.0. The van der Waals surface area contributed by atoms with E-state index in [0.29, 0.717) is 4.58 Å². The van der Waals surface area contributed by atoms with Gasteiger partial charge >= 0.3 is 0 Å². The van der Waals surface area contributed by atoms with Crippen LogP contribution in [0, 0.1) is 0 Å². The molecule has 1 atom stereocenters. The summed E-state index contributed by atoms with van der Waals surface area (Å²) in [5.74, 6) is 3.52. The first kappa shape index (κ1) is 10.5. The van der Waals surface area contributed by atoms with E-state index in [4.69, 9.17) is 0 Å². The quantitative estimate of drug-likeness (QED) is 0.665. The summed E-state index contributed by atoms with van der Waals surface area (Å²) in [6.07, 6.45) is 2.68. The van der Waals surface area contributed by atoms with Crippen molar-refractivity contribution in [3.8, 4) is 0 Å². The van der Waals surface area contributed by atoms with Crippen LogP contribution < -0.4 is 0 Å². The van der Waals surface area contributed by atoms with Crippen molar-refractivity contribution < 1.29 is 4.79 Å². The van der Waals surface area contributed by atoms with Gasteiger partial charge in [0.15, 0.2) is 0 Å². The number of hydrogen-bond donors (Lipinski definition) is 0. The predicted octanol–water partition coefficient (Wildman–Crippen LogP) is 2.63. The molecule has 1 nitrogen and oxygen atoms in total. The summed E-state index contributed by atoms with van der Waals surface area (Å²) in [4.78, 5) is 11.0. The van der Waals surface area contributed by atoms with Gasteiger partial charge in [0.05, 0.1) is 4.58 Å². The zero-order valence-electron chi connectivity index (χ0n) is 6.82. The van der Waals surface area contributed by atoms with Gasteiger partial charge in [0.2, 0.25) is 5.12 Å². The van der Waals surface area contributed by atoms with Crippen LogP contribution in [-0.4, -0.2) is 27.0 Å². The Balaban J connectivity index is 2.29. The Kier molecular flexibility index (Phi) is 5.27. The number of thioether (sulfide) groups is 3. The summed E-state index contributed by atoms with van der Waals surface area (Å²) in [5.41, 5.74) is 0. The molecule has 0 aromatic carbocycles. The number of rotatable bonds is 2. The van der Waals surface area contributed by atoms with Gasteiger partial charge in [-0.25, -0.2) is 0 Å². The SMILES string of the molecule is C=CC(=O)SC1CSCCCS1. The maximum atomic E-state index is 11.0. The zero-order chi connectivity index (χ0) is 8.81. The van der Waals surface area contributed by atoms with Gasteiger partial charge in [-0.05, 0) is 24.0 Å². The molecule has 12 heavy (non-hydrogen) atoms. The molecule has 1 fully saturated rings. The third-order valence-corrected chi connectivity index (χ3v) is 5.56. The average molecular weight is 220 g/mol. The van der Waals surface area contributed by atoms with E-state index in [9.17, 15) is 4.79 Å². The molecule has 68 valence electrons. The molecule has 1 rings (SSSR count). The molecule has 0 radical (unpaired) electrons. The van der Waals surface area contributed by atoms with E-state index in [1.807, 2.05) is 23.5 Å². The molecule has 1 aliphatic heterocycles. The summed E-state index contributed by atoms with van der Waals surface area (Å²) in [5, 5.41) is 0.106. The second-order valence-electron chi connectivity index (χ2n) is 2.37. The molecule has 0 N–H and O–H groups in total. The standard InChI is InChI=1S/C8H12OS3/c1-2-7(9)12-8-6-10-4-3-5-11-8/h2,8H,1,3-6H2. The molecule has 1 saturated heterocycles. The van der Waals surface area contributed by atoms with Gasteiger partial charge in [0, 0.05) is 5.75 Å². The Bertz CT molecular complexity index is 162. The molecular formula is C8H12OS3. The lowest BCUT2D eigenvalue weighted by molar-refractivity contribution is -0.107. The highest BCUT2D eigenvalue weighted by atomic mass is 32.2. The van der Waals surface area contributed by atoms with E-state index in [-0.39, 0.29) is 5.12 Å². The fraction of sp³-hybridized carbons (Fsp3) is 0.625. The van der Waals surface area contributed by atoms with Crippen molar-refractivity contribution in [1.82, 2.24) is 0 Å². The van der Waals surface area contributed by atoms with Crippen LogP contribution in [0.1, 0.15) is 6.42 Å². The Labute approximate surface area is 86.1 Å². The van der Waals surface area contributed by atoms with Crippen molar-refractivity contribution in [2.75, 3.05) is 17.3 Å². The summed E-state index contributed by atoms with van der Waals surface area (Å²) >= 11 is 5.27. The first-order valence-corrected chi connectivity index (χ1v) is 6.93. The van der Waals surface area contributed by atoms with E-state index in [0.717, 1.165) is 5.75 Å². The van der Waals surface area contributed by atoms with Gasteiger partial charge in [-0.3, -0.25) is 4.79 Å². The molecular weight excluding hydrogens is 208 g/mol. The van der Waals surface area contributed by atoms with E-state index in [1.165, 1.54) is 35.8 Å². The first-order valence-electron chi connectivity index (χ1n) is 3.85. The average Bonchev–Trinajstić information content (AvgIpc) is 2.33. The third-order valence-electron chi connectivity index (χ3n) is 1.40. The molecule has 0 aromatic heterocycles. The topological polar surface area (TPSA) is 17.1 Å². The Hall–Kier alpha value is 0.460. The zero-order valence-corrected chi connectivity index (χ0v) is 9.27. The van der Waals surface area contributed by atoms with Crippen molar-refractivity contribution in [2.24, 2.45) is 0 Å². The monoisotopic (exact) mass is 220 g/mol. The molecule has 0 bridgehead atoms. The van der Waals surface area contributed by atoms with Crippen molar-refractivity contribution in [3.05, 3.63) is 12.7 Å². The lowest BCUT2D eigenvalue weighted by atomic mass is 10.6. The summed E-state index contributed by atoms with van der Waals surface area (Å²) in [6, 6.07) is 0. The third kappa shape index (κ3) is 3.92. The lowest BCUT2D eigenvalue weighted by Crippen LogP contribution is -2.03. The minimum atomic E-state index is 0.106. The predicted molar refractivity (Wildman–Crippen MR) is 61.0 cm³/mol. The van der Waals surface area contributed by atoms with Crippen LogP contribution in [0.15, 0.2) is 12.7 Å². The lowest BCUT2D eigenvalue weighted by Gasteiger charge is -2.09. The Morgan fingerprint density at radius 3 is 3.17 bits per heavy atom. The molecule has 1 unspecified atom stereocenters. The summed E-state index contributed by atoms with van der Waals surface area (Å²) < 4.78 is 0.447. The van der Waals surface area contributed by atoms with Gasteiger partial charge in [-0.2, -0.15) is 11.8 Å². The van der Waals surface area contributed by atoms with Crippen LogP contribution in [0.4, 0.5) is 0 Å². The van der Waals surface area contributed by atoms with Crippen molar-refractivity contribution in [2.45, 2.75) is 11.0 Å². The van der Waals surface area contributed by atoms with Crippen LogP contribution in [0.2, 0.25) is 0 Å². The second-order valence-corrected chi connectivity index (χ2v) is 6.34. The van der Waals surface area contributed by atoms with Crippen molar-refractivity contribution in [3.63, 3.8) is 0 Å². The number of carbonyl (C=O) groups is 1. The minimum Gasteiger partial charge on any atom is -0.282 e. The van der Waals surface area contributed by atoms with Gasteiger partial charge in [0.25, 0.3) is 0 Å². The number of hydrogen-bond acceptors (Lipinski definition) is 4. The van der Waals surface area contributed by atoms with E-state index < -0.39 is 0 Å². The number of carbonyl (C=O) groups excluding carboxylic acids is 1. The van der Waals surface area contributed by atoms with Gasteiger partial charge in [-0.15, -0.1) is 11.8 Å². The van der Waals surface area contributed by atoms with E-state index in [1.54, 1.807) is 0 Å². The normalized spacial score (nSPS) is 24.5. The van der Waals surface area contributed by atoms with Crippen LogP contribution >= 0.6 is 35.3 Å². The highest BCUT2D eigenvalue weighted by Gasteiger charge is 2.15. The Morgan fingerprint density at radius 1 is 1.58 bits per heavy atom. The van der Waals surface area contributed by atoms with Gasteiger partial charge in [-0.1, -0.05) is 18.3 Å². The molecule has 0 aromatic rings. The van der Waals surface area contributed by atoms with Crippen LogP contribution in [-0.2, 0) is 4.79 Å². The molecule has 0 amide bonds.